The molecule has 5 heteroatoms. The number of hydrogen-bond donors (Lipinski definition) is 1. The number of halogens is 1. The van der Waals surface area contributed by atoms with E-state index in [0.29, 0.717) is 0 Å². The first kappa shape index (κ1) is 17.4. The molecule has 0 saturated carbocycles. The Morgan fingerprint density at radius 3 is 2.05 bits per heavy atom. The molecule has 0 spiro atoms. The second-order valence-electron chi connectivity index (χ2n) is 5.96. The van der Waals surface area contributed by atoms with Gasteiger partial charge in [-0.1, -0.05) is 34.6 Å². The van der Waals surface area contributed by atoms with E-state index >= 15 is 0 Å². The summed E-state index contributed by atoms with van der Waals surface area (Å²) in [5.74, 6) is 1.56. The quantitative estimate of drug-likeness (QED) is 0.868. The lowest BCUT2D eigenvalue weighted by atomic mass is 9.90. The summed E-state index contributed by atoms with van der Waals surface area (Å²) in [6, 6.07) is 0. The minimum atomic E-state index is -0.424. The van der Waals surface area contributed by atoms with Gasteiger partial charge >= 0.3 is 0 Å². The number of ether oxygens (including phenoxy) is 1. The molecule has 1 N–H and O–H groups in total. The molecule has 1 aromatic rings. The molecule has 0 fully saturated rings. The molecule has 0 amide bonds. The van der Waals surface area contributed by atoms with Crippen molar-refractivity contribution in [2.24, 2.45) is 0 Å². The van der Waals surface area contributed by atoms with Crippen molar-refractivity contribution in [3.8, 4) is 0 Å². The van der Waals surface area contributed by atoms with Crippen LogP contribution in [-0.2, 0) is 15.8 Å². The largest absolute Gasteiger partial charge is 0.372 e. The van der Waals surface area contributed by atoms with Crippen LogP contribution in [0.5, 0.6) is 0 Å². The van der Waals surface area contributed by atoms with Gasteiger partial charge < -0.3 is 10.1 Å². The van der Waals surface area contributed by atoms with Gasteiger partial charge in [-0.15, -0.1) is 0 Å². The van der Waals surface area contributed by atoms with Gasteiger partial charge in [0.15, 0.2) is 5.82 Å². The fourth-order valence-corrected chi connectivity index (χ4v) is 3.23. The van der Waals surface area contributed by atoms with Gasteiger partial charge in [-0.2, -0.15) is 0 Å². The maximum atomic E-state index is 5.76. The van der Waals surface area contributed by atoms with Crippen LogP contribution in [-0.4, -0.2) is 24.1 Å². The summed E-state index contributed by atoms with van der Waals surface area (Å²) in [4.78, 5) is 9.47. The molecule has 0 unspecified atom stereocenters. The highest BCUT2D eigenvalue weighted by Crippen LogP contribution is 2.37. The molecule has 20 heavy (non-hydrogen) atoms. The van der Waals surface area contributed by atoms with Crippen LogP contribution in [0.15, 0.2) is 4.47 Å². The number of nitrogens with zero attached hydrogens (tertiary/aromatic N) is 2. The predicted molar refractivity (Wildman–Crippen MR) is 87.2 cm³/mol. The molecule has 0 saturated heterocycles. The van der Waals surface area contributed by atoms with E-state index in [2.05, 4.69) is 60.8 Å². The van der Waals surface area contributed by atoms with Crippen LogP contribution >= 0.6 is 15.9 Å². The number of nitrogens with one attached hydrogen (secondary N) is 1. The van der Waals surface area contributed by atoms with E-state index in [0.717, 1.165) is 34.7 Å². The van der Waals surface area contributed by atoms with Gasteiger partial charge in [-0.05, 0) is 28.8 Å². The van der Waals surface area contributed by atoms with Crippen molar-refractivity contribution < 1.29 is 4.74 Å². The van der Waals surface area contributed by atoms with Crippen LogP contribution in [0, 0.1) is 0 Å². The van der Waals surface area contributed by atoms with E-state index in [4.69, 9.17) is 9.72 Å². The first-order valence-electron chi connectivity index (χ1n) is 7.07. The highest BCUT2D eigenvalue weighted by atomic mass is 79.9. The first-order chi connectivity index (χ1) is 9.25. The third-order valence-corrected chi connectivity index (χ3v) is 4.49. The average molecular weight is 344 g/mol. The zero-order valence-electron chi connectivity index (χ0n) is 13.6. The molecule has 0 radical (unpaired) electrons. The van der Waals surface area contributed by atoms with E-state index in [-0.39, 0.29) is 5.41 Å². The Bertz CT molecular complexity index is 457. The lowest BCUT2D eigenvalue weighted by Crippen LogP contribution is -2.31. The SMILES string of the molecule is CCC(CC)(OC)c1nc(NC)c(Br)c(C(C)(C)C)n1. The van der Waals surface area contributed by atoms with Crippen molar-refractivity contribution in [3.05, 3.63) is 16.0 Å². The topological polar surface area (TPSA) is 47.0 Å². The second kappa shape index (κ2) is 6.39. The molecule has 0 atom stereocenters. The fraction of sp³-hybridized carbons (Fsp3) is 0.733. The van der Waals surface area contributed by atoms with Crippen molar-refractivity contribution >= 4 is 21.7 Å². The van der Waals surface area contributed by atoms with Crippen molar-refractivity contribution in [2.45, 2.75) is 58.5 Å². The highest BCUT2D eigenvalue weighted by Gasteiger charge is 2.34. The summed E-state index contributed by atoms with van der Waals surface area (Å²) < 4.78 is 6.69. The van der Waals surface area contributed by atoms with Gasteiger partial charge in [-0.25, -0.2) is 9.97 Å². The molecule has 4 nitrogen and oxygen atoms in total. The molecular formula is C15H26BrN3O. The lowest BCUT2D eigenvalue weighted by Gasteiger charge is -2.31. The van der Waals surface area contributed by atoms with Gasteiger partial charge in [0.2, 0.25) is 0 Å². The zero-order valence-corrected chi connectivity index (χ0v) is 15.2. The average Bonchev–Trinajstić information content (AvgIpc) is 2.41. The third kappa shape index (κ3) is 3.14. The van der Waals surface area contributed by atoms with E-state index < -0.39 is 5.60 Å². The van der Waals surface area contributed by atoms with Crippen LogP contribution in [0.25, 0.3) is 0 Å². The fourth-order valence-electron chi connectivity index (χ4n) is 2.26. The van der Waals surface area contributed by atoms with Gasteiger partial charge in [0, 0.05) is 19.6 Å². The van der Waals surface area contributed by atoms with Crippen LogP contribution in [0.1, 0.15) is 59.0 Å². The zero-order chi connectivity index (χ0) is 15.6. The van der Waals surface area contributed by atoms with E-state index in [1.807, 2.05) is 7.05 Å². The Morgan fingerprint density at radius 2 is 1.70 bits per heavy atom. The number of anilines is 1. The minimum absolute atomic E-state index is 0.0664. The van der Waals surface area contributed by atoms with Crippen LogP contribution < -0.4 is 5.32 Å². The Hall–Kier alpha value is -0.680. The Labute approximate surface area is 130 Å². The molecule has 0 bridgehead atoms. The summed E-state index contributed by atoms with van der Waals surface area (Å²) in [6.45, 7) is 10.7. The van der Waals surface area contributed by atoms with Crippen molar-refractivity contribution in [2.75, 3.05) is 19.5 Å². The number of rotatable bonds is 5. The minimum Gasteiger partial charge on any atom is -0.372 e. The second-order valence-corrected chi connectivity index (χ2v) is 6.76. The molecule has 1 aromatic heterocycles. The maximum absolute atomic E-state index is 5.76. The van der Waals surface area contributed by atoms with Crippen molar-refractivity contribution in [1.29, 1.82) is 0 Å². The first-order valence-corrected chi connectivity index (χ1v) is 7.86. The smallest absolute Gasteiger partial charge is 0.162 e. The number of aromatic nitrogens is 2. The van der Waals surface area contributed by atoms with Crippen molar-refractivity contribution in [1.82, 2.24) is 9.97 Å². The summed E-state index contributed by atoms with van der Waals surface area (Å²) >= 11 is 3.62. The summed E-state index contributed by atoms with van der Waals surface area (Å²) in [7, 11) is 3.60. The van der Waals surface area contributed by atoms with E-state index in [1.165, 1.54) is 0 Å². The normalized spacial score (nSPS) is 12.6. The summed E-state index contributed by atoms with van der Waals surface area (Å²) in [6.07, 6.45) is 1.68. The Balaban J connectivity index is 3.57. The molecule has 0 aromatic carbocycles. The van der Waals surface area contributed by atoms with Crippen LogP contribution in [0.4, 0.5) is 5.82 Å². The van der Waals surface area contributed by atoms with Crippen molar-refractivity contribution in [3.63, 3.8) is 0 Å². The number of methoxy groups -OCH3 is 1. The molecule has 1 rings (SSSR count). The third-order valence-electron chi connectivity index (χ3n) is 3.74. The lowest BCUT2D eigenvalue weighted by molar-refractivity contribution is -0.0293. The van der Waals surface area contributed by atoms with Crippen LogP contribution in [0.2, 0.25) is 0 Å². The summed E-state index contributed by atoms with van der Waals surface area (Å²) in [5.41, 5.74) is 0.505. The highest BCUT2D eigenvalue weighted by molar-refractivity contribution is 9.10. The monoisotopic (exact) mass is 343 g/mol. The van der Waals surface area contributed by atoms with Gasteiger partial charge in [0.1, 0.15) is 11.4 Å². The van der Waals surface area contributed by atoms with Gasteiger partial charge in [-0.3, -0.25) is 0 Å². The van der Waals surface area contributed by atoms with Gasteiger partial charge in [0.25, 0.3) is 0 Å². The molecule has 1 heterocycles. The molecular weight excluding hydrogens is 318 g/mol. The molecule has 114 valence electrons. The predicted octanol–water partition coefficient (Wildman–Crippen LogP) is 4.24. The van der Waals surface area contributed by atoms with Crippen LogP contribution in [0.3, 0.4) is 0 Å². The van der Waals surface area contributed by atoms with E-state index in [1.54, 1.807) is 7.11 Å². The maximum Gasteiger partial charge on any atom is 0.162 e. The summed E-state index contributed by atoms with van der Waals surface area (Å²) in [5, 5.41) is 3.14. The van der Waals surface area contributed by atoms with Gasteiger partial charge in [0.05, 0.1) is 10.2 Å². The standard InChI is InChI=1S/C15H26BrN3O/c1-8-15(9-2,20-7)13-18-11(14(3,4)5)10(16)12(17-6)19-13/h8-9H2,1-7H3,(H,17,18,19). The number of hydrogen-bond acceptors (Lipinski definition) is 4. The molecule has 0 aliphatic heterocycles. The molecule has 0 aliphatic carbocycles. The Kier molecular flexibility index (Phi) is 5.55. The Morgan fingerprint density at radius 1 is 1.15 bits per heavy atom. The van der Waals surface area contributed by atoms with E-state index in [9.17, 15) is 0 Å². The molecule has 0 aliphatic rings.